The number of benzene rings is 2. The van der Waals surface area contributed by atoms with Crippen LogP contribution in [0.25, 0.3) is 0 Å². The first-order chi connectivity index (χ1) is 10.9. The number of nitrogens with zero attached hydrogens (tertiary/aromatic N) is 1. The molecule has 0 radical (unpaired) electrons. The summed E-state index contributed by atoms with van der Waals surface area (Å²) in [6.07, 6.45) is 0. The van der Waals surface area contributed by atoms with E-state index in [0.717, 1.165) is 18.2 Å². The summed E-state index contributed by atoms with van der Waals surface area (Å²) in [5, 5.41) is 24.2. The summed E-state index contributed by atoms with van der Waals surface area (Å²) in [4.78, 5) is 33.4. The number of ether oxygens (including phenoxy) is 1. The normalized spacial score (nSPS) is 9.96. The van der Waals surface area contributed by atoms with Crippen molar-refractivity contribution in [2.24, 2.45) is 0 Å². The van der Waals surface area contributed by atoms with Crippen molar-refractivity contribution in [1.29, 1.82) is 0 Å². The number of carboxylic acid groups (broad SMARTS) is 1. The van der Waals surface area contributed by atoms with E-state index in [4.69, 9.17) is 4.74 Å². The first-order valence-electron chi connectivity index (χ1n) is 6.37. The Balaban J connectivity index is 2.37. The number of anilines is 1. The van der Waals surface area contributed by atoms with Gasteiger partial charge in [-0.15, -0.1) is 0 Å². The molecule has 2 aromatic rings. The summed E-state index contributed by atoms with van der Waals surface area (Å²) in [5.74, 6) is -1.75. The fraction of sp³-hybridized carbons (Fsp3) is 0.0667. The standard InChI is InChI=1S/C15H12N2O6/c1-23-11-4-2-3-9(7-11)14(18)16-13-8-10(17(21)22)5-6-12(13)15(19)20/h2-8H,1H3,(H,16,18)(H,19,20)/p-1. The highest BCUT2D eigenvalue weighted by Crippen LogP contribution is 2.23. The molecular formula is C15H11N2O6-. The van der Waals surface area contributed by atoms with E-state index in [2.05, 4.69) is 5.32 Å². The molecule has 8 heteroatoms. The fourth-order valence-corrected chi connectivity index (χ4v) is 1.89. The van der Waals surface area contributed by atoms with Gasteiger partial charge in [0, 0.05) is 23.3 Å². The summed E-state index contributed by atoms with van der Waals surface area (Å²) in [6.45, 7) is 0. The second-order valence-electron chi connectivity index (χ2n) is 4.46. The van der Waals surface area contributed by atoms with Crippen LogP contribution in [0.15, 0.2) is 42.5 Å². The lowest BCUT2D eigenvalue weighted by molar-refractivity contribution is -0.384. The summed E-state index contributed by atoms with van der Waals surface area (Å²) in [5.41, 5.74) is -0.713. The molecule has 2 rings (SSSR count). The molecule has 0 aliphatic rings. The van der Waals surface area contributed by atoms with E-state index in [1.165, 1.54) is 19.2 Å². The first kappa shape index (κ1) is 16.0. The zero-order valence-electron chi connectivity index (χ0n) is 11.9. The molecule has 0 unspecified atom stereocenters. The van der Waals surface area contributed by atoms with Gasteiger partial charge in [-0.25, -0.2) is 0 Å². The molecule has 0 aliphatic heterocycles. The minimum absolute atomic E-state index is 0.208. The van der Waals surface area contributed by atoms with Crippen molar-refractivity contribution in [1.82, 2.24) is 0 Å². The molecule has 8 nitrogen and oxygen atoms in total. The smallest absolute Gasteiger partial charge is 0.271 e. The topological polar surface area (TPSA) is 122 Å². The van der Waals surface area contributed by atoms with Crippen LogP contribution in [0.1, 0.15) is 20.7 Å². The van der Waals surface area contributed by atoms with Gasteiger partial charge in [0.15, 0.2) is 0 Å². The van der Waals surface area contributed by atoms with Crippen LogP contribution < -0.4 is 15.2 Å². The molecule has 1 N–H and O–H groups in total. The molecule has 2 aromatic carbocycles. The first-order valence-corrected chi connectivity index (χ1v) is 6.37. The summed E-state index contributed by atoms with van der Waals surface area (Å²) < 4.78 is 4.99. The Bertz CT molecular complexity index is 787. The van der Waals surface area contributed by atoms with E-state index in [1.807, 2.05) is 0 Å². The van der Waals surface area contributed by atoms with Crippen LogP contribution in [0, 0.1) is 10.1 Å². The predicted octanol–water partition coefficient (Wildman–Crippen LogP) is 1.22. The van der Waals surface area contributed by atoms with Crippen LogP contribution >= 0.6 is 0 Å². The van der Waals surface area contributed by atoms with Crippen LogP contribution in [0.2, 0.25) is 0 Å². The molecule has 23 heavy (non-hydrogen) atoms. The van der Waals surface area contributed by atoms with Gasteiger partial charge in [0.05, 0.1) is 23.7 Å². The van der Waals surface area contributed by atoms with Crippen LogP contribution in [-0.4, -0.2) is 23.9 Å². The molecule has 0 aliphatic carbocycles. The maximum atomic E-state index is 12.2. The number of nitro groups is 1. The van der Waals surface area contributed by atoms with Crippen LogP contribution in [0.3, 0.4) is 0 Å². The number of methoxy groups -OCH3 is 1. The van der Waals surface area contributed by atoms with Gasteiger partial charge >= 0.3 is 0 Å². The second-order valence-corrected chi connectivity index (χ2v) is 4.46. The van der Waals surface area contributed by atoms with Crippen molar-refractivity contribution in [2.45, 2.75) is 0 Å². The number of amides is 1. The highest BCUT2D eigenvalue weighted by atomic mass is 16.6. The number of rotatable bonds is 5. The average Bonchev–Trinajstić information content (AvgIpc) is 2.54. The third kappa shape index (κ3) is 3.62. The Morgan fingerprint density at radius 1 is 1.17 bits per heavy atom. The van der Waals surface area contributed by atoms with Gasteiger partial charge in [-0.1, -0.05) is 6.07 Å². The zero-order valence-corrected chi connectivity index (χ0v) is 11.9. The zero-order chi connectivity index (χ0) is 17.0. The van der Waals surface area contributed by atoms with Gasteiger partial charge in [0.25, 0.3) is 11.6 Å². The molecule has 0 fully saturated rings. The highest BCUT2D eigenvalue weighted by molar-refractivity contribution is 6.07. The van der Waals surface area contributed by atoms with Gasteiger partial charge in [-0.3, -0.25) is 14.9 Å². The lowest BCUT2D eigenvalue weighted by Gasteiger charge is -2.12. The molecule has 0 spiro atoms. The third-order valence-electron chi connectivity index (χ3n) is 3.01. The Kier molecular flexibility index (Phi) is 4.55. The van der Waals surface area contributed by atoms with E-state index in [9.17, 15) is 24.8 Å². The van der Waals surface area contributed by atoms with E-state index in [1.54, 1.807) is 12.1 Å². The molecule has 0 atom stereocenters. The van der Waals surface area contributed by atoms with Gasteiger partial charge in [-0.05, 0) is 24.3 Å². The number of hydrogen-bond donors (Lipinski definition) is 1. The van der Waals surface area contributed by atoms with E-state index < -0.39 is 16.8 Å². The molecule has 118 valence electrons. The fourth-order valence-electron chi connectivity index (χ4n) is 1.89. The van der Waals surface area contributed by atoms with Crippen molar-refractivity contribution >= 4 is 23.3 Å². The molecule has 0 bridgehead atoms. The molecule has 0 saturated heterocycles. The summed E-state index contributed by atoms with van der Waals surface area (Å²) in [7, 11) is 1.44. The minimum Gasteiger partial charge on any atom is -0.545 e. The Hall–Kier alpha value is -3.42. The Morgan fingerprint density at radius 3 is 2.52 bits per heavy atom. The predicted molar refractivity (Wildman–Crippen MR) is 78.4 cm³/mol. The van der Waals surface area contributed by atoms with Gasteiger partial charge in [0.2, 0.25) is 0 Å². The lowest BCUT2D eigenvalue weighted by Crippen LogP contribution is -2.25. The largest absolute Gasteiger partial charge is 0.545 e. The van der Waals surface area contributed by atoms with Gasteiger partial charge in [-0.2, -0.15) is 0 Å². The number of carbonyl (C=O) groups excluding carboxylic acids is 2. The number of carbonyl (C=O) groups is 2. The summed E-state index contributed by atoms with van der Waals surface area (Å²) in [6, 6.07) is 9.15. The monoisotopic (exact) mass is 315 g/mol. The van der Waals surface area contributed by atoms with Crippen molar-refractivity contribution in [3.63, 3.8) is 0 Å². The Morgan fingerprint density at radius 2 is 1.91 bits per heavy atom. The third-order valence-corrected chi connectivity index (χ3v) is 3.01. The van der Waals surface area contributed by atoms with Crippen molar-refractivity contribution < 1.29 is 24.4 Å². The minimum atomic E-state index is -1.55. The number of nitro benzene ring substituents is 1. The highest BCUT2D eigenvalue weighted by Gasteiger charge is 2.15. The molecule has 0 saturated carbocycles. The summed E-state index contributed by atoms with van der Waals surface area (Å²) >= 11 is 0. The SMILES string of the molecule is COc1cccc(C(=O)Nc2cc([N+](=O)[O-])ccc2C(=O)[O-])c1. The maximum absolute atomic E-state index is 12.2. The second kappa shape index (κ2) is 6.56. The number of hydrogen-bond acceptors (Lipinski definition) is 6. The maximum Gasteiger partial charge on any atom is 0.271 e. The van der Waals surface area contributed by atoms with Crippen molar-refractivity contribution in [2.75, 3.05) is 12.4 Å². The molecule has 0 heterocycles. The number of aromatic carboxylic acids is 1. The van der Waals surface area contributed by atoms with Crippen LogP contribution in [-0.2, 0) is 0 Å². The molecular weight excluding hydrogens is 304 g/mol. The Labute approximate surface area is 130 Å². The number of carboxylic acids is 1. The van der Waals surface area contributed by atoms with E-state index in [-0.39, 0.29) is 22.5 Å². The average molecular weight is 315 g/mol. The van der Waals surface area contributed by atoms with E-state index in [0.29, 0.717) is 5.75 Å². The van der Waals surface area contributed by atoms with Gasteiger partial charge in [0.1, 0.15) is 5.75 Å². The van der Waals surface area contributed by atoms with Crippen LogP contribution in [0.5, 0.6) is 5.75 Å². The van der Waals surface area contributed by atoms with Gasteiger partial charge < -0.3 is 20.0 Å². The van der Waals surface area contributed by atoms with E-state index >= 15 is 0 Å². The van der Waals surface area contributed by atoms with Crippen molar-refractivity contribution in [3.8, 4) is 5.75 Å². The lowest BCUT2D eigenvalue weighted by atomic mass is 10.1. The van der Waals surface area contributed by atoms with Crippen molar-refractivity contribution in [3.05, 3.63) is 63.7 Å². The number of nitrogens with one attached hydrogen (secondary N) is 1. The molecule has 1 amide bonds. The van der Waals surface area contributed by atoms with Crippen LogP contribution in [0.4, 0.5) is 11.4 Å². The number of non-ortho nitro benzene ring substituents is 1. The quantitative estimate of drug-likeness (QED) is 0.654. The molecule has 0 aromatic heterocycles.